The van der Waals surface area contributed by atoms with Crippen molar-refractivity contribution >= 4 is 22.9 Å². The molecule has 172 valence electrons. The number of benzene rings is 2. The fourth-order valence-electron chi connectivity index (χ4n) is 4.35. The van der Waals surface area contributed by atoms with Crippen LogP contribution in [-0.2, 0) is 9.53 Å². The van der Waals surface area contributed by atoms with E-state index in [2.05, 4.69) is 19.9 Å². The molecule has 2 aromatic heterocycles. The molecule has 1 aliphatic rings. The zero-order valence-electron chi connectivity index (χ0n) is 18.6. The first-order valence-electron chi connectivity index (χ1n) is 11.0. The van der Waals surface area contributed by atoms with Crippen LogP contribution >= 0.6 is 0 Å². The van der Waals surface area contributed by atoms with E-state index in [0.29, 0.717) is 41.3 Å². The van der Waals surface area contributed by atoms with Crippen LogP contribution in [0.15, 0.2) is 61.2 Å². The molecule has 2 aromatic carbocycles. The van der Waals surface area contributed by atoms with Crippen LogP contribution in [0, 0.1) is 5.82 Å². The normalized spacial score (nSPS) is 14.7. The second-order valence-electron chi connectivity index (χ2n) is 7.99. The van der Waals surface area contributed by atoms with Gasteiger partial charge in [-0.1, -0.05) is 6.07 Å². The van der Waals surface area contributed by atoms with Crippen molar-refractivity contribution in [1.29, 1.82) is 0 Å². The Kier molecular flexibility index (Phi) is 6.14. The van der Waals surface area contributed by atoms with E-state index in [4.69, 9.17) is 9.47 Å². The summed E-state index contributed by atoms with van der Waals surface area (Å²) >= 11 is 0. The second kappa shape index (κ2) is 9.52. The number of aldehydes is 1. The Bertz CT molecular complexity index is 1340. The fourth-order valence-corrected chi connectivity index (χ4v) is 4.35. The minimum Gasteiger partial charge on any atom is -0.495 e. The van der Waals surface area contributed by atoms with Crippen molar-refractivity contribution < 1.29 is 18.7 Å². The van der Waals surface area contributed by atoms with E-state index in [1.165, 1.54) is 19.5 Å². The van der Waals surface area contributed by atoms with E-state index in [1.54, 1.807) is 30.6 Å². The highest BCUT2D eigenvalue weighted by atomic mass is 19.1. The predicted molar refractivity (Wildman–Crippen MR) is 127 cm³/mol. The van der Waals surface area contributed by atoms with Gasteiger partial charge in [-0.3, -0.25) is 4.98 Å². The lowest BCUT2D eigenvalue weighted by Crippen LogP contribution is -2.36. The minimum absolute atomic E-state index is 0.309. The van der Waals surface area contributed by atoms with Crippen LogP contribution in [0.4, 0.5) is 10.1 Å². The summed E-state index contributed by atoms with van der Waals surface area (Å²) in [7, 11) is 1.52. The molecule has 0 bridgehead atoms. The molecule has 1 fully saturated rings. The van der Waals surface area contributed by atoms with Crippen molar-refractivity contribution in [2.24, 2.45) is 0 Å². The monoisotopic (exact) mass is 458 g/mol. The number of pyridine rings is 1. The van der Waals surface area contributed by atoms with E-state index >= 15 is 4.39 Å². The number of ether oxygens (including phenoxy) is 2. The largest absolute Gasteiger partial charge is 0.495 e. The number of halogens is 1. The quantitative estimate of drug-likeness (QED) is 0.404. The number of fused-ring (bicyclic) bond motifs is 1. The number of nitrogens with zero attached hydrogens (tertiary/aromatic N) is 4. The molecule has 0 aliphatic carbocycles. The van der Waals surface area contributed by atoms with Crippen LogP contribution in [0.1, 0.15) is 17.0 Å². The predicted octanol–water partition coefficient (Wildman–Crippen LogP) is 4.01. The van der Waals surface area contributed by atoms with Crippen LogP contribution in [0.25, 0.3) is 22.2 Å². The topological polar surface area (TPSA) is 77.4 Å². The molecule has 8 heteroatoms. The molecule has 1 atom stereocenters. The van der Waals surface area contributed by atoms with Crippen molar-refractivity contribution in [2.45, 2.75) is 5.92 Å². The zero-order chi connectivity index (χ0) is 23.5. The van der Waals surface area contributed by atoms with Gasteiger partial charge in [0.05, 0.1) is 43.6 Å². The number of anilines is 1. The van der Waals surface area contributed by atoms with E-state index in [1.807, 2.05) is 18.2 Å². The highest BCUT2D eigenvalue weighted by Gasteiger charge is 2.21. The molecule has 0 spiro atoms. The molecular formula is C26H23FN4O3. The van der Waals surface area contributed by atoms with Crippen LogP contribution < -0.4 is 9.64 Å². The third-order valence-electron chi connectivity index (χ3n) is 6.11. The van der Waals surface area contributed by atoms with E-state index < -0.39 is 11.7 Å². The Balaban J connectivity index is 1.58. The second-order valence-corrected chi connectivity index (χ2v) is 7.99. The summed E-state index contributed by atoms with van der Waals surface area (Å²) in [5.41, 5.74) is 3.84. The van der Waals surface area contributed by atoms with Crippen molar-refractivity contribution in [2.75, 3.05) is 38.3 Å². The van der Waals surface area contributed by atoms with E-state index in [0.717, 1.165) is 36.0 Å². The Labute approximate surface area is 196 Å². The number of aromatic nitrogens is 3. The van der Waals surface area contributed by atoms with Crippen LogP contribution in [-0.4, -0.2) is 54.7 Å². The molecular weight excluding hydrogens is 435 g/mol. The Morgan fingerprint density at radius 2 is 1.97 bits per heavy atom. The average Bonchev–Trinajstić information content (AvgIpc) is 2.90. The number of hydrogen-bond acceptors (Lipinski definition) is 7. The summed E-state index contributed by atoms with van der Waals surface area (Å²) in [6.07, 6.45) is 5.42. The highest BCUT2D eigenvalue weighted by Crippen LogP contribution is 2.35. The van der Waals surface area contributed by atoms with Crippen molar-refractivity contribution in [3.63, 3.8) is 0 Å². The molecule has 7 nitrogen and oxygen atoms in total. The molecule has 1 unspecified atom stereocenters. The van der Waals surface area contributed by atoms with Gasteiger partial charge in [0.1, 0.15) is 24.2 Å². The van der Waals surface area contributed by atoms with Crippen LogP contribution in [0.2, 0.25) is 0 Å². The summed E-state index contributed by atoms with van der Waals surface area (Å²) in [5, 5.41) is 0.736. The number of rotatable bonds is 6. The number of morpholine rings is 1. The Hall–Kier alpha value is -3.91. The Morgan fingerprint density at radius 3 is 2.76 bits per heavy atom. The first-order chi connectivity index (χ1) is 16.7. The number of methoxy groups -OCH3 is 1. The molecule has 5 rings (SSSR count). The maximum atomic E-state index is 15.1. The smallest absolute Gasteiger partial charge is 0.141 e. The number of carbonyl (C=O) groups is 1. The van der Waals surface area contributed by atoms with Gasteiger partial charge >= 0.3 is 0 Å². The molecule has 1 saturated heterocycles. The first-order valence-corrected chi connectivity index (χ1v) is 11.0. The molecule has 3 heterocycles. The lowest BCUT2D eigenvalue weighted by atomic mass is 9.90. The molecule has 0 amide bonds. The van der Waals surface area contributed by atoms with Gasteiger partial charge in [-0.2, -0.15) is 0 Å². The van der Waals surface area contributed by atoms with Gasteiger partial charge in [0.15, 0.2) is 0 Å². The summed E-state index contributed by atoms with van der Waals surface area (Å²) in [4.78, 5) is 27.2. The van der Waals surface area contributed by atoms with Crippen molar-refractivity contribution in [3.8, 4) is 17.0 Å². The summed E-state index contributed by atoms with van der Waals surface area (Å²) in [6, 6.07) is 12.3. The standard InChI is InChI=1S/C26H23FN4O3/c1-33-25-14-28-7-6-19(25)22(15-32)17-2-5-23(27)21(12-17)26-20-4-3-18(13-24(20)29-16-30-26)31-8-10-34-11-9-31/h2-7,12-16,22H,8-11H2,1H3. The number of carbonyl (C=O) groups excluding carboxylic acids is 1. The molecule has 34 heavy (non-hydrogen) atoms. The first kappa shape index (κ1) is 21.9. The van der Waals surface area contributed by atoms with Crippen LogP contribution in [0.3, 0.4) is 0 Å². The molecule has 1 aliphatic heterocycles. The minimum atomic E-state index is -0.640. The highest BCUT2D eigenvalue weighted by molar-refractivity contribution is 5.94. The van der Waals surface area contributed by atoms with E-state index in [-0.39, 0.29) is 0 Å². The number of hydrogen-bond donors (Lipinski definition) is 0. The molecule has 0 saturated carbocycles. The van der Waals surface area contributed by atoms with Gasteiger partial charge in [-0.15, -0.1) is 0 Å². The van der Waals surface area contributed by atoms with Gasteiger partial charge in [0.2, 0.25) is 0 Å². The summed E-state index contributed by atoms with van der Waals surface area (Å²) < 4.78 is 25.9. The van der Waals surface area contributed by atoms with Gasteiger partial charge in [-0.05, 0) is 42.0 Å². The zero-order valence-corrected chi connectivity index (χ0v) is 18.6. The maximum absolute atomic E-state index is 15.1. The Morgan fingerprint density at radius 1 is 1.12 bits per heavy atom. The van der Waals surface area contributed by atoms with Gasteiger partial charge in [-0.25, -0.2) is 14.4 Å². The molecule has 4 aromatic rings. The van der Waals surface area contributed by atoms with Gasteiger partial charge < -0.3 is 19.2 Å². The average molecular weight is 458 g/mol. The SMILES string of the molecule is COc1cnccc1C(C=O)c1ccc(F)c(-c2ncnc3cc(N4CCOCC4)ccc23)c1. The molecule has 0 N–H and O–H groups in total. The van der Waals surface area contributed by atoms with Crippen LogP contribution in [0.5, 0.6) is 5.75 Å². The molecule has 0 radical (unpaired) electrons. The van der Waals surface area contributed by atoms with Gasteiger partial charge in [0, 0.05) is 41.5 Å². The summed E-state index contributed by atoms with van der Waals surface area (Å²) in [6.45, 7) is 2.99. The van der Waals surface area contributed by atoms with Crippen molar-refractivity contribution in [1.82, 2.24) is 15.0 Å². The third kappa shape index (κ3) is 4.08. The maximum Gasteiger partial charge on any atom is 0.141 e. The fraction of sp³-hybridized carbons (Fsp3) is 0.231. The lowest BCUT2D eigenvalue weighted by Gasteiger charge is -2.29. The summed E-state index contributed by atoms with van der Waals surface area (Å²) in [5.74, 6) is -0.570. The van der Waals surface area contributed by atoms with Crippen molar-refractivity contribution in [3.05, 3.63) is 78.1 Å². The van der Waals surface area contributed by atoms with E-state index in [9.17, 15) is 4.79 Å². The van der Waals surface area contributed by atoms with Gasteiger partial charge in [0.25, 0.3) is 0 Å². The third-order valence-corrected chi connectivity index (χ3v) is 6.11. The lowest BCUT2D eigenvalue weighted by molar-refractivity contribution is -0.108.